The van der Waals surface area contributed by atoms with Crippen molar-refractivity contribution in [2.45, 2.75) is 51.6 Å². The molecule has 3 aromatic rings. The number of aromatic nitrogens is 1. The van der Waals surface area contributed by atoms with Gasteiger partial charge in [-0.15, -0.1) is 11.3 Å². The molecule has 3 heterocycles. The van der Waals surface area contributed by atoms with E-state index in [1.54, 1.807) is 22.3 Å². The van der Waals surface area contributed by atoms with E-state index in [4.69, 9.17) is 11.6 Å². The average molecular weight is 484 g/mol. The van der Waals surface area contributed by atoms with Crippen molar-refractivity contribution in [3.05, 3.63) is 58.7 Å². The minimum absolute atomic E-state index is 0.0342. The number of aliphatic hydroxyl groups is 1. The van der Waals surface area contributed by atoms with Crippen LogP contribution in [0.3, 0.4) is 0 Å². The Balaban J connectivity index is 1.50. The van der Waals surface area contributed by atoms with E-state index in [-0.39, 0.29) is 17.6 Å². The van der Waals surface area contributed by atoms with Gasteiger partial charge in [0.2, 0.25) is 0 Å². The molecule has 0 saturated carbocycles. The monoisotopic (exact) mass is 483 g/mol. The first-order valence-corrected chi connectivity index (χ1v) is 12.6. The third-order valence-electron chi connectivity index (χ3n) is 6.51. The van der Waals surface area contributed by atoms with Crippen LogP contribution in [-0.2, 0) is 5.41 Å². The van der Waals surface area contributed by atoms with Crippen molar-refractivity contribution >= 4 is 34.7 Å². The van der Waals surface area contributed by atoms with Gasteiger partial charge in [0, 0.05) is 46.5 Å². The maximum absolute atomic E-state index is 12.5. The van der Waals surface area contributed by atoms with Crippen LogP contribution < -0.4 is 5.32 Å². The molecule has 0 aliphatic carbocycles. The number of nitrogens with one attached hydrogen (secondary N) is 1. The lowest BCUT2D eigenvalue weighted by atomic mass is 9.85. The minimum Gasteiger partial charge on any atom is -0.393 e. The summed E-state index contributed by atoms with van der Waals surface area (Å²) in [5.41, 5.74) is 5.03. The van der Waals surface area contributed by atoms with E-state index in [0.29, 0.717) is 36.6 Å². The number of hydrogen-bond donors (Lipinski definition) is 2. The highest BCUT2D eigenvalue weighted by Crippen LogP contribution is 2.38. The SMILES string of the molecule is CCC(C)(C)c1cc(-c2csc(-c3ccc(NC(=O)N4CCC(O)CC4)cc3Cl)c2)ccn1. The molecule has 2 amide bonds. The number of anilines is 1. The molecule has 1 saturated heterocycles. The quantitative estimate of drug-likeness (QED) is 0.419. The predicted molar refractivity (Wildman–Crippen MR) is 137 cm³/mol. The van der Waals surface area contributed by atoms with Gasteiger partial charge in [0.25, 0.3) is 0 Å². The zero-order valence-corrected chi connectivity index (χ0v) is 20.8. The molecular weight excluding hydrogens is 454 g/mol. The Kier molecular flexibility index (Phi) is 7.07. The molecule has 0 unspecified atom stereocenters. The van der Waals surface area contributed by atoms with Gasteiger partial charge in [0.1, 0.15) is 0 Å². The van der Waals surface area contributed by atoms with Gasteiger partial charge in [-0.1, -0.05) is 32.4 Å². The van der Waals surface area contributed by atoms with Gasteiger partial charge in [-0.3, -0.25) is 4.98 Å². The number of urea groups is 1. The van der Waals surface area contributed by atoms with Crippen molar-refractivity contribution in [3.8, 4) is 21.6 Å². The van der Waals surface area contributed by atoms with E-state index in [1.807, 2.05) is 24.4 Å². The second kappa shape index (κ2) is 9.84. The van der Waals surface area contributed by atoms with Gasteiger partial charge in [0.05, 0.1) is 11.1 Å². The number of nitrogens with zero attached hydrogens (tertiary/aromatic N) is 2. The van der Waals surface area contributed by atoms with Crippen LogP contribution in [0.2, 0.25) is 5.02 Å². The van der Waals surface area contributed by atoms with Crippen LogP contribution in [0.4, 0.5) is 10.5 Å². The molecule has 0 spiro atoms. The van der Waals surface area contributed by atoms with Crippen molar-refractivity contribution in [1.29, 1.82) is 0 Å². The van der Waals surface area contributed by atoms with Gasteiger partial charge in [0.15, 0.2) is 0 Å². The molecule has 0 atom stereocenters. The van der Waals surface area contributed by atoms with Crippen LogP contribution in [0, 0.1) is 0 Å². The molecule has 2 aromatic heterocycles. The van der Waals surface area contributed by atoms with Gasteiger partial charge < -0.3 is 15.3 Å². The third kappa shape index (κ3) is 5.40. The Hall–Kier alpha value is -2.41. The third-order valence-corrected chi connectivity index (χ3v) is 7.78. The highest BCUT2D eigenvalue weighted by Gasteiger charge is 2.22. The van der Waals surface area contributed by atoms with E-state index in [0.717, 1.165) is 33.7 Å². The molecule has 0 bridgehead atoms. The summed E-state index contributed by atoms with van der Waals surface area (Å²) in [6, 6.07) is 11.8. The van der Waals surface area contributed by atoms with E-state index in [9.17, 15) is 9.90 Å². The molecule has 2 N–H and O–H groups in total. The summed E-state index contributed by atoms with van der Waals surface area (Å²) >= 11 is 8.26. The number of benzene rings is 1. The molecule has 4 rings (SSSR count). The fraction of sp³-hybridized carbons (Fsp3) is 0.385. The molecule has 174 valence electrons. The van der Waals surface area contributed by atoms with Crippen LogP contribution in [0.25, 0.3) is 21.6 Å². The lowest BCUT2D eigenvalue weighted by Gasteiger charge is -2.29. The van der Waals surface area contributed by atoms with E-state index < -0.39 is 0 Å². The van der Waals surface area contributed by atoms with Crippen LogP contribution in [0.15, 0.2) is 48.0 Å². The first-order chi connectivity index (χ1) is 15.8. The molecule has 1 fully saturated rings. The molecule has 33 heavy (non-hydrogen) atoms. The second-order valence-corrected chi connectivity index (χ2v) is 10.5. The topological polar surface area (TPSA) is 65.5 Å². The number of piperidine rings is 1. The zero-order valence-electron chi connectivity index (χ0n) is 19.3. The number of thiophene rings is 1. The molecule has 5 nitrogen and oxygen atoms in total. The summed E-state index contributed by atoms with van der Waals surface area (Å²) < 4.78 is 0. The first kappa shape index (κ1) is 23.7. The summed E-state index contributed by atoms with van der Waals surface area (Å²) in [5, 5.41) is 15.3. The minimum atomic E-state index is -0.310. The molecule has 1 aliphatic rings. The van der Waals surface area contributed by atoms with Crippen LogP contribution in [-0.4, -0.2) is 40.2 Å². The van der Waals surface area contributed by atoms with Crippen LogP contribution in [0.5, 0.6) is 0 Å². The number of rotatable bonds is 5. The number of pyridine rings is 1. The summed E-state index contributed by atoms with van der Waals surface area (Å²) in [4.78, 5) is 19.9. The van der Waals surface area contributed by atoms with E-state index >= 15 is 0 Å². The number of carbonyl (C=O) groups is 1. The van der Waals surface area contributed by atoms with Crippen molar-refractivity contribution in [3.63, 3.8) is 0 Å². The van der Waals surface area contributed by atoms with Crippen molar-refractivity contribution in [2.24, 2.45) is 0 Å². The number of likely N-dealkylation sites (tertiary alicyclic amines) is 1. The fourth-order valence-corrected chi connectivity index (χ4v) is 5.15. The summed E-state index contributed by atoms with van der Waals surface area (Å²) in [6.07, 6.45) is 3.82. The highest BCUT2D eigenvalue weighted by molar-refractivity contribution is 7.14. The summed E-state index contributed by atoms with van der Waals surface area (Å²) in [6.45, 7) is 7.73. The highest BCUT2D eigenvalue weighted by atomic mass is 35.5. The van der Waals surface area contributed by atoms with Gasteiger partial charge in [-0.25, -0.2) is 4.79 Å². The van der Waals surface area contributed by atoms with Crippen LogP contribution >= 0.6 is 22.9 Å². The zero-order chi connectivity index (χ0) is 23.6. The normalized spacial score (nSPS) is 15.0. The Labute approximate surface area is 204 Å². The maximum Gasteiger partial charge on any atom is 0.321 e. The van der Waals surface area contributed by atoms with Crippen LogP contribution in [0.1, 0.15) is 45.7 Å². The number of amides is 2. The lowest BCUT2D eigenvalue weighted by Crippen LogP contribution is -2.42. The smallest absolute Gasteiger partial charge is 0.321 e. The molecule has 1 aromatic carbocycles. The standard InChI is InChI=1S/C26H30ClN3O2S/c1-4-26(2,3)24-14-17(7-10-28-24)18-13-23(33-16-18)21-6-5-19(15-22(21)27)29-25(32)30-11-8-20(31)9-12-30/h5-7,10,13-16,20,31H,4,8-9,11-12H2,1-3H3,(H,29,32). The van der Waals surface area contributed by atoms with Crippen molar-refractivity contribution in [1.82, 2.24) is 9.88 Å². The number of hydrogen-bond acceptors (Lipinski definition) is 4. The number of aliphatic hydroxyl groups excluding tert-OH is 1. The predicted octanol–water partition coefficient (Wildman–Crippen LogP) is 6.81. The molecular formula is C26H30ClN3O2S. The summed E-state index contributed by atoms with van der Waals surface area (Å²) in [5.74, 6) is 0. The summed E-state index contributed by atoms with van der Waals surface area (Å²) in [7, 11) is 0. The Bertz CT molecular complexity index is 1140. The van der Waals surface area contributed by atoms with Crippen molar-refractivity contribution in [2.75, 3.05) is 18.4 Å². The Morgan fingerprint density at radius 2 is 1.97 bits per heavy atom. The molecule has 7 heteroatoms. The maximum atomic E-state index is 12.5. The Morgan fingerprint density at radius 3 is 2.67 bits per heavy atom. The number of carbonyl (C=O) groups excluding carboxylic acids is 1. The van der Waals surface area contributed by atoms with E-state index in [2.05, 4.69) is 48.6 Å². The van der Waals surface area contributed by atoms with Crippen molar-refractivity contribution < 1.29 is 9.90 Å². The van der Waals surface area contributed by atoms with Gasteiger partial charge in [-0.05, 0) is 72.2 Å². The second-order valence-electron chi connectivity index (χ2n) is 9.21. The fourth-order valence-electron chi connectivity index (χ4n) is 3.85. The number of halogens is 1. The van der Waals surface area contributed by atoms with Gasteiger partial charge in [-0.2, -0.15) is 0 Å². The largest absolute Gasteiger partial charge is 0.393 e. The molecule has 1 aliphatic heterocycles. The first-order valence-electron chi connectivity index (χ1n) is 11.4. The lowest BCUT2D eigenvalue weighted by molar-refractivity contribution is 0.0972. The van der Waals surface area contributed by atoms with E-state index in [1.165, 1.54) is 0 Å². The average Bonchev–Trinajstić information content (AvgIpc) is 3.29. The van der Waals surface area contributed by atoms with Gasteiger partial charge >= 0.3 is 6.03 Å². The Morgan fingerprint density at radius 1 is 1.21 bits per heavy atom. The molecule has 0 radical (unpaired) electrons.